The summed E-state index contributed by atoms with van der Waals surface area (Å²) < 4.78 is 0. The number of aliphatic hydroxyl groups is 1. The third-order valence-electron chi connectivity index (χ3n) is 3.64. The highest BCUT2D eigenvalue weighted by Crippen LogP contribution is 2.20. The zero-order chi connectivity index (χ0) is 15.7. The van der Waals surface area contributed by atoms with E-state index in [0.717, 1.165) is 23.6 Å². The van der Waals surface area contributed by atoms with Gasteiger partial charge in [0.05, 0.1) is 6.10 Å². The second kappa shape index (κ2) is 9.99. The van der Waals surface area contributed by atoms with E-state index < -0.39 is 6.10 Å². The van der Waals surface area contributed by atoms with Crippen molar-refractivity contribution in [1.82, 2.24) is 4.90 Å². The number of nitrogens with zero attached hydrogens (tertiary/aromatic N) is 1. The second-order valence-corrected chi connectivity index (χ2v) is 6.30. The van der Waals surface area contributed by atoms with Crippen LogP contribution < -0.4 is 0 Å². The molecule has 1 aromatic carbocycles. The highest BCUT2D eigenvalue weighted by Gasteiger charge is 2.17. The van der Waals surface area contributed by atoms with Crippen LogP contribution in [-0.4, -0.2) is 36.8 Å². The van der Waals surface area contributed by atoms with Gasteiger partial charge in [-0.25, -0.2) is 0 Å². The van der Waals surface area contributed by atoms with E-state index in [1.165, 1.54) is 19.3 Å². The van der Waals surface area contributed by atoms with Gasteiger partial charge in [-0.15, -0.1) is 0 Å². The minimum Gasteiger partial charge on any atom is -0.389 e. The molecule has 0 heterocycles. The summed E-state index contributed by atoms with van der Waals surface area (Å²) in [6.45, 7) is 3.10. The monoisotopic (exact) mass is 309 g/mol. The molecule has 0 fully saturated rings. The summed E-state index contributed by atoms with van der Waals surface area (Å²) in [6, 6.07) is 7.70. The lowest BCUT2D eigenvalue weighted by Gasteiger charge is -2.24. The second-order valence-electron chi connectivity index (χ2n) is 5.89. The molecular formula is C18H28ClNO. The minimum absolute atomic E-state index is 0.269. The van der Waals surface area contributed by atoms with Crippen LogP contribution in [0.5, 0.6) is 0 Å². The van der Waals surface area contributed by atoms with E-state index in [1.54, 1.807) is 0 Å². The van der Waals surface area contributed by atoms with Crippen LogP contribution in [0.4, 0.5) is 0 Å². The van der Waals surface area contributed by atoms with Crippen LogP contribution >= 0.6 is 11.6 Å². The summed E-state index contributed by atoms with van der Waals surface area (Å²) in [6.07, 6.45) is 8.04. The maximum atomic E-state index is 10.5. The molecule has 2 atom stereocenters. The number of hydrogen-bond donors (Lipinski definition) is 1. The molecule has 0 saturated heterocycles. The van der Waals surface area contributed by atoms with Crippen LogP contribution in [0.15, 0.2) is 30.3 Å². The van der Waals surface area contributed by atoms with E-state index in [4.69, 9.17) is 11.6 Å². The van der Waals surface area contributed by atoms with Crippen molar-refractivity contribution in [1.29, 1.82) is 0 Å². The Morgan fingerprint density at radius 2 is 1.95 bits per heavy atom. The summed E-state index contributed by atoms with van der Waals surface area (Å²) in [5.74, 6) is 0.269. The Bertz CT molecular complexity index is 431. The van der Waals surface area contributed by atoms with Gasteiger partial charge in [0, 0.05) is 17.5 Å². The van der Waals surface area contributed by atoms with E-state index in [1.807, 2.05) is 36.4 Å². The summed E-state index contributed by atoms with van der Waals surface area (Å²) >= 11 is 6.13. The van der Waals surface area contributed by atoms with Crippen LogP contribution in [-0.2, 0) is 0 Å². The Morgan fingerprint density at radius 3 is 2.57 bits per heavy atom. The van der Waals surface area contributed by atoms with Crippen LogP contribution in [0.25, 0.3) is 6.08 Å². The molecule has 0 saturated carbocycles. The largest absolute Gasteiger partial charge is 0.389 e. The molecule has 118 valence electrons. The van der Waals surface area contributed by atoms with Crippen molar-refractivity contribution < 1.29 is 5.11 Å². The molecule has 2 unspecified atom stereocenters. The Hall–Kier alpha value is -0.830. The number of aliphatic hydroxyl groups excluding tert-OH is 1. The molecule has 0 spiro atoms. The van der Waals surface area contributed by atoms with Crippen molar-refractivity contribution in [2.24, 2.45) is 5.92 Å². The Kier molecular flexibility index (Phi) is 8.67. The third-order valence-corrected chi connectivity index (χ3v) is 3.98. The average Bonchev–Trinajstić information content (AvgIpc) is 2.45. The van der Waals surface area contributed by atoms with Gasteiger partial charge in [0.15, 0.2) is 0 Å². The van der Waals surface area contributed by atoms with Gasteiger partial charge >= 0.3 is 0 Å². The zero-order valence-corrected chi connectivity index (χ0v) is 14.2. The van der Waals surface area contributed by atoms with Gasteiger partial charge in [0.25, 0.3) is 0 Å². The zero-order valence-electron chi connectivity index (χ0n) is 13.4. The third kappa shape index (κ3) is 7.12. The maximum Gasteiger partial charge on any atom is 0.0764 e. The van der Waals surface area contributed by atoms with E-state index in [2.05, 4.69) is 25.9 Å². The van der Waals surface area contributed by atoms with Crippen molar-refractivity contribution in [2.75, 3.05) is 20.6 Å². The van der Waals surface area contributed by atoms with Gasteiger partial charge in [-0.2, -0.15) is 0 Å². The lowest BCUT2D eigenvalue weighted by molar-refractivity contribution is 0.122. The fourth-order valence-electron chi connectivity index (χ4n) is 2.47. The van der Waals surface area contributed by atoms with Crippen LogP contribution in [0.1, 0.15) is 38.2 Å². The highest BCUT2D eigenvalue weighted by atomic mass is 35.5. The maximum absolute atomic E-state index is 10.5. The average molecular weight is 310 g/mol. The van der Waals surface area contributed by atoms with Gasteiger partial charge in [0.2, 0.25) is 0 Å². The standard InChI is InChI=1S/C18H28ClNO/c1-4-5-6-10-16(14-20(2)3)18(21)13-12-15-9-7-8-11-17(15)19/h7-9,11-13,16,18,21H,4-6,10,14H2,1-3H3. The molecule has 0 aromatic heterocycles. The van der Waals surface area contributed by atoms with Crippen molar-refractivity contribution in [3.05, 3.63) is 40.9 Å². The van der Waals surface area contributed by atoms with E-state index in [9.17, 15) is 5.11 Å². The fraction of sp³-hybridized carbons (Fsp3) is 0.556. The molecule has 1 N–H and O–H groups in total. The van der Waals surface area contributed by atoms with Crippen LogP contribution in [0.3, 0.4) is 0 Å². The Balaban J connectivity index is 2.66. The molecule has 0 amide bonds. The smallest absolute Gasteiger partial charge is 0.0764 e. The van der Waals surface area contributed by atoms with Gasteiger partial charge in [-0.3, -0.25) is 0 Å². The van der Waals surface area contributed by atoms with Crippen molar-refractivity contribution in [3.63, 3.8) is 0 Å². The first-order valence-corrected chi connectivity index (χ1v) is 8.18. The van der Waals surface area contributed by atoms with Crippen molar-refractivity contribution >= 4 is 17.7 Å². The number of hydrogen-bond acceptors (Lipinski definition) is 2. The quantitative estimate of drug-likeness (QED) is 0.680. The highest BCUT2D eigenvalue weighted by molar-refractivity contribution is 6.32. The summed E-state index contributed by atoms with van der Waals surface area (Å²) in [4.78, 5) is 2.14. The topological polar surface area (TPSA) is 23.5 Å². The Labute approximate surface area is 134 Å². The van der Waals surface area contributed by atoms with Gasteiger partial charge < -0.3 is 10.0 Å². The molecule has 21 heavy (non-hydrogen) atoms. The predicted molar refractivity (Wildman–Crippen MR) is 92.7 cm³/mol. The molecule has 0 aliphatic heterocycles. The van der Waals surface area contributed by atoms with Gasteiger partial charge in [0.1, 0.15) is 0 Å². The summed E-state index contributed by atoms with van der Waals surface area (Å²) in [5, 5.41) is 11.2. The van der Waals surface area contributed by atoms with E-state index in [-0.39, 0.29) is 5.92 Å². The molecule has 0 aliphatic carbocycles. The predicted octanol–water partition coefficient (Wildman–Crippen LogP) is 4.47. The molecular weight excluding hydrogens is 282 g/mol. The normalized spacial score (nSPS) is 14.8. The first-order chi connectivity index (χ1) is 10.0. The molecule has 0 aliphatic rings. The van der Waals surface area contributed by atoms with Gasteiger partial charge in [-0.1, -0.05) is 68.1 Å². The minimum atomic E-state index is -0.430. The number of unbranched alkanes of at least 4 members (excludes halogenated alkanes) is 2. The van der Waals surface area contributed by atoms with Gasteiger partial charge in [-0.05, 0) is 32.1 Å². The number of benzene rings is 1. The molecule has 1 rings (SSSR count). The van der Waals surface area contributed by atoms with E-state index >= 15 is 0 Å². The lowest BCUT2D eigenvalue weighted by atomic mass is 9.94. The molecule has 1 aromatic rings. The van der Waals surface area contributed by atoms with Crippen molar-refractivity contribution in [2.45, 2.75) is 38.7 Å². The fourth-order valence-corrected chi connectivity index (χ4v) is 2.66. The first-order valence-electron chi connectivity index (χ1n) is 7.80. The number of halogens is 1. The molecule has 2 nitrogen and oxygen atoms in total. The van der Waals surface area contributed by atoms with Crippen molar-refractivity contribution in [3.8, 4) is 0 Å². The first kappa shape index (κ1) is 18.2. The SMILES string of the molecule is CCCCCC(CN(C)C)C(O)C=Cc1ccccc1Cl. The summed E-state index contributed by atoms with van der Waals surface area (Å²) in [7, 11) is 4.11. The van der Waals surface area contributed by atoms with Crippen LogP contribution in [0.2, 0.25) is 5.02 Å². The summed E-state index contributed by atoms with van der Waals surface area (Å²) in [5.41, 5.74) is 0.954. The van der Waals surface area contributed by atoms with Crippen LogP contribution in [0, 0.1) is 5.92 Å². The van der Waals surface area contributed by atoms with E-state index in [0.29, 0.717) is 0 Å². The lowest BCUT2D eigenvalue weighted by Crippen LogP contribution is -2.30. The molecule has 0 radical (unpaired) electrons. The molecule has 3 heteroatoms. The Morgan fingerprint density at radius 1 is 1.24 bits per heavy atom. The molecule has 0 bridgehead atoms. The number of rotatable bonds is 9.